The molecule has 1 saturated heterocycles. The van der Waals surface area contributed by atoms with E-state index in [4.69, 9.17) is 11.6 Å². The second-order valence-electron chi connectivity index (χ2n) is 12.0. The highest BCUT2D eigenvalue weighted by Crippen LogP contribution is 2.29. The predicted molar refractivity (Wildman–Crippen MR) is 168 cm³/mol. The summed E-state index contributed by atoms with van der Waals surface area (Å²) in [5.41, 5.74) is 1.81. The lowest BCUT2D eigenvalue weighted by molar-refractivity contribution is -0.132. The summed E-state index contributed by atoms with van der Waals surface area (Å²) in [6, 6.07) is 12.1. The summed E-state index contributed by atoms with van der Waals surface area (Å²) < 4.78 is 0. The summed E-state index contributed by atoms with van der Waals surface area (Å²) in [7, 11) is 0. The Morgan fingerprint density at radius 2 is 1.68 bits per heavy atom. The van der Waals surface area contributed by atoms with Crippen LogP contribution in [0.1, 0.15) is 52.5 Å². The molecule has 2 aliphatic rings. The Bertz CT molecular complexity index is 1140. The summed E-state index contributed by atoms with van der Waals surface area (Å²) in [5.74, 6) is 1.54. The maximum absolute atomic E-state index is 13.7. The van der Waals surface area contributed by atoms with Crippen molar-refractivity contribution in [3.63, 3.8) is 0 Å². The van der Waals surface area contributed by atoms with Gasteiger partial charge in [-0.1, -0.05) is 37.6 Å². The van der Waals surface area contributed by atoms with Crippen molar-refractivity contribution >= 4 is 34.9 Å². The van der Waals surface area contributed by atoms with E-state index >= 15 is 0 Å². The molecule has 0 atom stereocenters. The van der Waals surface area contributed by atoms with Crippen molar-refractivity contribution in [3.8, 4) is 0 Å². The van der Waals surface area contributed by atoms with Gasteiger partial charge in [-0.3, -0.25) is 19.4 Å². The maximum Gasteiger partial charge on any atom is 0.227 e. The lowest BCUT2D eigenvalue weighted by Gasteiger charge is -2.35. The van der Waals surface area contributed by atoms with Gasteiger partial charge in [0.1, 0.15) is 5.82 Å². The second kappa shape index (κ2) is 15.0. The van der Waals surface area contributed by atoms with E-state index in [1.165, 1.54) is 0 Å². The normalized spacial score (nSPS) is 18.0. The Kier molecular flexibility index (Phi) is 11.4. The molecule has 8 nitrogen and oxygen atoms in total. The minimum atomic E-state index is 0.113. The number of amides is 2. The number of benzene rings is 1. The first-order valence-corrected chi connectivity index (χ1v) is 15.6. The average Bonchev–Trinajstić information content (AvgIpc) is 2.99. The minimum Gasteiger partial charge on any atom is -0.354 e. The van der Waals surface area contributed by atoms with E-state index in [2.05, 4.69) is 53.4 Å². The number of anilines is 2. The van der Waals surface area contributed by atoms with Gasteiger partial charge in [0.15, 0.2) is 0 Å². The van der Waals surface area contributed by atoms with Crippen molar-refractivity contribution in [3.05, 3.63) is 53.2 Å². The maximum atomic E-state index is 13.7. The molecule has 0 spiro atoms. The number of fused-ring (bicyclic) bond motifs is 1. The summed E-state index contributed by atoms with van der Waals surface area (Å²) in [5, 5.41) is 0.604. The van der Waals surface area contributed by atoms with Crippen molar-refractivity contribution in [1.82, 2.24) is 19.7 Å². The number of nitrogens with zero attached hydrogens (tertiary/aromatic N) is 6. The highest BCUT2D eigenvalue weighted by atomic mass is 35.5. The molecule has 1 fully saturated rings. The van der Waals surface area contributed by atoms with Crippen molar-refractivity contribution in [1.29, 1.82) is 0 Å². The van der Waals surface area contributed by atoms with Gasteiger partial charge in [0.25, 0.3) is 0 Å². The van der Waals surface area contributed by atoms with E-state index in [1.807, 2.05) is 46.3 Å². The van der Waals surface area contributed by atoms with Gasteiger partial charge in [-0.15, -0.1) is 0 Å². The fourth-order valence-electron chi connectivity index (χ4n) is 5.72. The summed E-state index contributed by atoms with van der Waals surface area (Å²) in [6.45, 7) is 16.4. The lowest BCUT2D eigenvalue weighted by Crippen LogP contribution is -2.48. The standard InChI is InChI=1S/C32H47ClN6O2/c1-25(2)22-32(41)39-14-7-13-36(26(3)4)20-21-38(24-27-9-10-28(33)23-29(27)39)31(40)11-15-35-16-18-37(19-17-35)30-8-5-6-12-34-30/h5-6,8-10,12,23,25-26H,7,11,13-22,24H2,1-4H3. The van der Waals surface area contributed by atoms with E-state index in [0.717, 1.165) is 69.3 Å². The number of aromatic nitrogens is 1. The molecule has 4 rings (SSSR count). The molecule has 0 radical (unpaired) electrons. The van der Waals surface area contributed by atoms with Gasteiger partial charge in [-0.25, -0.2) is 4.98 Å². The quantitative estimate of drug-likeness (QED) is 0.469. The third kappa shape index (κ3) is 8.90. The van der Waals surface area contributed by atoms with Gasteiger partial charge >= 0.3 is 0 Å². The Labute approximate surface area is 251 Å². The molecule has 41 heavy (non-hydrogen) atoms. The minimum absolute atomic E-state index is 0.113. The molecule has 3 heterocycles. The summed E-state index contributed by atoms with van der Waals surface area (Å²) in [4.78, 5) is 42.7. The Morgan fingerprint density at radius 3 is 2.37 bits per heavy atom. The molecule has 0 bridgehead atoms. The molecule has 0 unspecified atom stereocenters. The number of hydrogen-bond acceptors (Lipinski definition) is 6. The predicted octanol–water partition coefficient (Wildman–Crippen LogP) is 4.77. The lowest BCUT2D eigenvalue weighted by atomic mass is 10.1. The zero-order valence-electron chi connectivity index (χ0n) is 25.3. The molecular formula is C32H47ClN6O2. The fraction of sp³-hybridized carbons (Fsp3) is 0.594. The molecule has 1 aromatic heterocycles. The van der Waals surface area contributed by atoms with Crippen LogP contribution in [0.25, 0.3) is 0 Å². The largest absolute Gasteiger partial charge is 0.354 e. The number of carbonyl (C=O) groups is 2. The second-order valence-corrected chi connectivity index (χ2v) is 12.4. The van der Waals surface area contributed by atoms with Crippen LogP contribution in [0.4, 0.5) is 11.5 Å². The molecular weight excluding hydrogens is 536 g/mol. The first kappa shape index (κ1) is 31.3. The number of carbonyl (C=O) groups excluding carboxylic acids is 2. The zero-order valence-corrected chi connectivity index (χ0v) is 26.0. The molecule has 2 amide bonds. The Balaban J connectivity index is 1.48. The number of piperazine rings is 1. The third-order valence-corrected chi connectivity index (χ3v) is 8.37. The van der Waals surface area contributed by atoms with Gasteiger partial charge < -0.3 is 14.7 Å². The molecule has 2 aliphatic heterocycles. The van der Waals surface area contributed by atoms with Crippen molar-refractivity contribution < 1.29 is 9.59 Å². The first-order valence-electron chi connectivity index (χ1n) is 15.2. The number of hydrogen-bond donors (Lipinski definition) is 0. The van der Waals surface area contributed by atoms with Crippen LogP contribution in [-0.2, 0) is 16.1 Å². The summed E-state index contributed by atoms with van der Waals surface area (Å²) in [6.07, 6.45) is 3.66. The number of rotatable bonds is 7. The van der Waals surface area contributed by atoms with E-state index in [9.17, 15) is 9.59 Å². The number of pyridine rings is 1. The van der Waals surface area contributed by atoms with Gasteiger partial charge in [-0.05, 0) is 56.0 Å². The van der Waals surface area contributed by atoms with Gasteiger partial charge in [-0.2, -0.15) is 0 Å². The van der Waals surface area contributed by atoms with Crippen molar-refractivity contribution in [2.45, 2.75) is 59.5 Å². The van der Waals surface area contributed by atoms with E-state index in [1.54, 1.807) is 0 Å². The van der Waals surface area contributed by atoms with Crippen LogP contribution >= 0.6 is 11.6 Å². The van der Waals surface area contributed by atoms with Crippen molar-refractivity contribution in [2.75, 3.05) is 68.7 Å². The molecule has 0 aliphatic carbocycles. The fourth-order valence-corrected chi connectivity index (χ4v) is 5.89. The molecule has 0 N–H and O–H groups in total. The van der Waals surface area contributed by atoms with Crippen LogP contribution < -0.4 is 9.80 Å². The Morgan fingerprint density at radius 1 is 0.902 bits per heavy atom. The van der Waals surface area contributed by atoms with E-state index in [0.29, 0.717) is 43.5 Å². The molecule has 0 saturated carbocycles. The summed E-state index contributed by atoms with van der Waals surface area (Å²) >= 11 is 6.46. The molecule has 224 valence electrons. The van der Waals surface area contributed by atoms with Crippen LogP contribution in [0.3, 0.4) is 0 Å². The molecule has 9 heteroatoms. The van der Waals surface area contributed by atoms with Crippen molar-refractivity contribution in [2.24, 2.45) is 5.92 Å². The highest BCUT2D eigenvalue weighted by molar-refractivity contribution is 6.31. The Hall–Kier alpha value is -2.68. The SMILES string of the molecule is CC(C)CC(=O)N1CCCN(C(C)C)CCN(C(=O)CCN2CCN(c3ccccn3)CC2)Cc2ccc(Cl)cc21. The smallest absolute Gasteiger partial charge is 0.227 e. The highest BCUT2D eigenvalue weighted by Gasteiger charge is 2.26. The first-order chi connectivity index (χ1) is 19.7. The average molecular weight is 583 g/mol. The van der Waals surface area contributed by atoms with Gasteiger partial charge in [0.05, 0.1) is 5.69 Å². The molecule has 2 aromatic rings. The van der Waals surface area contributed by atoms with Crippen LogP contribution in [-0.4, -0.2) is 96.4 Å². The number of halogens is 1. The third-order valence-electron chi connectivity index (χ3n) is 8.14. The van der Waals surface area contributed by atoms with Crippen LogP contribution in [0.5, 0.6) is 0 Å². The van der Waals surface area contributed by atoms with Crippen LogP contribution in [0.15, 0.2) is 42.6 Å². The van der Waals surface area contributed by atoms with Crippen LogP contribution in [0, 0.1) is 5.92 Å². The van der Waals surface area contributed by atoms with Gasteiger partial charge in [0.2, 0.25) is 11.8 Å². The zero-order chi connectivity index (χ0) is 29.4. The van der Waals surface area contributed by atoms with Gasteiger partial charge in [0, 0.05) is 95.6 Å². The monoisotopic (exact) mass is 582 g/mol. The van der Waals surface area contributed by atoms with E-state index in [-0.39, 0.29) is 17.7 Å². The van der Waals surface area contributed by atoms with E-state index < -0.39 is 0 Å². The topological polar surface area (TPSA) is 63.2 Å². The molecule has 1 aromatic carbocycles. The van der Waals surface area contributed by atoms with Crippen LogP contribution in [0.2, 0.25) is 5.02 Å².